The Hall–Kier alpha value is -3.66. The van der Waals surface area contributed by atoms with Crippen molar-refractivity contribution in [2.24, 2.45) is 5.92 Å². The highest BCUT2D eigenvalue weighted by molar-refractivity contribution is 7.98. The summed E-state index contributed by atoms with van der Waals surface area (Å²) in [5.74, 6) is 0.630. The van der Waals surface area contributed by atoms with E-state index in [1.165, 1.54) is 40.5 Å². The summed E-state index contributed by atoms with van der Waals surface area (Å²) in [5.41, 5.74) is 1.02. The van der Waals surface area contributed by atoms with Gasteiger partial charge in [-0.3, -0.25) is 14.3 Å². The summed E-state index contributed by atoms with van der Waals surface area (Å²) in [6.45, 7) is 4.55. The minimum atomic E-state index is -0.433. The van der Waals surface area contributed by atoms with Crippen LogP contribution in [-0.2, 0) is 17.1 Å². The Balaban J connectivity index is 1.41. The predicted molar refractivity (Wildman–Crippen MR) is 129 cm³/mol. The maximum atomic E-state index is 13.3. The summed E-state index contributed by atoms with van der Waals surface area (Å²) in [7, 11) is 0. The number of nitrogens with one attached hydrogen (secondary N) is 1. The zero-order chi connectivity index (χ0) is 24.1. The van der Waals surface area contributed by atoms with Crippen molar-refractivity contribution >= 4 is 29.1 Å². The van der Waals surface area contributed by atoms with Crippen molar-refractivity contribution in [3.8, 4) is 5.75 Å². The quantitative estimate of drug-likeness (QED) is 0.364. The van der Waals surface area contributed by atoms with E-state index < -0.39 is 5.82 Å². The fourth-order valence-electron chi connectivity index (χ4n) is 3.32. The molecule has 1 N–H and O–H groups in total. The third-order valence-electron chi connectivity index (χ3n) is 4.75. The fraction of sp³-hybridized carbons (Fsp3) is 0.250. The highest BCUT2D eigenvalue weighted by atomic mass is 32.2. The van der Waals surface area contributed by atoms with Gasteiger partial charge < -0.3 is 10.1 Å². The van der Waals surface area contributed by atoms with E-state index in [-0.39, 0.29) is 23.8 Å². The molecule has 4 aromatic rings. The van der Waals surface area contributed by atoms with E-state index >= 15 is 0 Å². The molecule has 0 fully saturated rings. The lowest BCUT2D eigenvalue weighted by molar-refractivity contribution is -0.118. The van der Waals surface area contributed by atoms with Crippen molar-refractivity contribution in [2.75, 3.05) is 11.9 Å². The summed E-state index contributed by atoms with van der Waals surface area (Å²) in [6.07, 6.45) is 1.62. The Morgan fingerprint density at radius 3 is 2.79 bits per heavy atom. The van der Waals surface area contributed by atoms with Crippen LogP contribution in [0.25, 0.3) is 5.78 Å². The van der Waals surface area contributed by atoms with Gasteiger partial charge in [-0.1, -0.05) is 32.0 Å². The third-order valence-corrected chi connectivity index (χ3v) is 5.86. The molecule has 2 heterocycles. The largest absolute Gasteiger partial charge is 0.484 e. The molecule has 0 atom stereocenters. The van der Waals surface area contributed by atoms with Gasteiger partial charge in [-0.15, -0.1) is 11.8 Å². The number of carbonyl (C=O) groups excluding carboxylic acids is 1. The number of rotatable bonds is 9. The molecule has 0 saturated carbocycles. The molecule has 0 spiro atoms. The lowest BCUT2D eigenvalue weighted by atomic mass is 10.2. The number of benzene rings is 2. The molecule has 0 aliphatic heterocycles. The second-order valence-corrected chi connectivity index (χ2v) is 9.05. The summed E-state index contributed by atoms with van der Waals surface area (Å²) >= 11 is 1.44. The number of amides is 1. The lowest BCUT2D eigenvalue weighted by Crippen LogP contribution is -2.22. The molecule has 34 heavy (non-hydrogen) atoms. The number of halogens is 1. The first-order valence-corrected chi connectivity index (χ1v) is 11.7. The van der Waals surface area contributed by atoms with E-state index in [0.29, 0.717) is 35.4 Å². The molecule has 1 amide bonds. The van der Waals surface area contributed by atoms with Gasteiger partial charge in [0.25, 0.3) is 17.2 Å². The normalized spacial score (nSPS) is 11.2. The van der Waals surface area contributed by atoms with Crippen LogP contribution >= 0.6 is 11.8 Å². The van der Waals surface area contributed by atoms with Gasteiger partial charge in [-0.05, 0) is 30.2 Å². The van der Waals surface area contributed by atoms with Crippen molar-refractivity contribution in [1.82, 2.24) is 19.2 Å². The maximum absolute atomic E-state index is 13.3. The lowest BCUT2D eigenvalue weighted by Gasteiger charge is -2.11. The number of anilines is 1. The first-order chi connectivity index (χ1) is 16.4. The van der Waals surface area contributed by atoms with Crippen LogP contribution < -0.4 is 15.6 Å². The van der Waals surface area contributed by atoms with E-state index in [0.717, 1.165) is 4.90 Å². The van der Waals surface area contributed by atoms with Gasteiger partial charge in [0.1, 0.15) is 17.9 Å². The number of hydrogen-bond acceptors (Lipinski definition) is 6. The average molecular weight is 482 g/mol. The molecule has 0 aliphatic carbocycles. The van der Waals surface area contributed by atoms with Crippen molar-refractivity contribution in [3.05, 3.63) is 82.8 Å². The number of ether oxygens (including phenoxy) is 1. The number of aromatic nitrogens is 4. The smallest absolute Gasteiger partial charge is 0.274 e. The standard InChI is InChI=1S/C24H24FN5O3S/c1-16(2)12-29-15-26-24-27-18(11-23(32)30(24)29)14-34-21-9-4-3-8-20(21)28-22(31)13-33-19-7-5-6-17(25)10-19/h3-11,15-16H,12-14H2,1-2H3,(H,28,31). The van der Waals surface area contributed by atoms with Crippen molar-refractivity contribution in [1.29, 1.82) is 0 Å². The molecule has 176 valence electrons. The molecule has 0 aliphatic rings. The first-order valence-electron chi connectivity index (χ1n) is 10.7. The highest BCUT2D eigenvalue weighted by Gasteiger charge is 2.12. The molecule has 10 heteroatoms. The fourth-order valence-corrected chi connectivity index (χ4v) is 4.22. The molecule has 0 saturated heterocycles. The van der Waals surface area contributed by atoms with Crippen molar-refractivity contribution < 1.29 is 13.9 Å². The van der Waals surface area contributed by atoms with Crippen LogP contribution in [0.4, 0.5) is 10.1 Å². The number of carbonyl (C=O) groups is 1. The van der Waals surface area contributed by atoms with Gasteiger partial charge in [-0.2, -0.15) is 9.50 Å². The Morgan fingerprint density at radius 1 is 1.18 bits per heavy atom. The van der Waals surface area contributed by atoms with Crippen LogP contribution in [0.3, 0.4) is 0 Å². The second-order valence-electron chi connectivity index (χ2n) is 8.04. The van der Waals surface area contributed by atoms with Crippen LogP contribution in [0, 0.1) is 11.7 Å². The van der Waals surface area contributed by atoms with Crippen molar-refractivity contribution in [3.63, 3.8) is 0 Å². The average Bonchev–Trinajstić information content (AvgIpc) is 3.19. The first kappa shape index (κ1) is 23.5. The molecule has 0 radical (unpaired) electrons. The van der Waals surface area contributed by atoms with Crippen LogP contribution in [0.1, 0.15) is 19.5 Å². The number of fused-ring (bicyclic) bond motifs is 1. The predicted octanol–water partition coefficient (Wildman–Crippen LogP) is 4.00. The van der Waals surface area contributed by atoms with E-state index in [1.54, 1.807) is 23.1 Å². The topological polar surface area (TPSA) is 90.5 Å². The Kier molecular flexibility index (Phi) is 7.27. The molecule has 0 bridgehead atoms. The van der Waals surface area contributed by atoms with Gasteiger partial charge in [0.05, 0.1) is 11.4 Å². The van der Waals surface area contributed by atoms with E-state index in [1.807, 2.05) is 18.2 Å². The third kappa shape index (κ3) is 5.82. The second kappa shape index (κ2) is 10.5. The Labute approximate surface area is 199 Å². The number of thioether (sulfide) groups is 1. The summed E-state index contributed by atoms with van der Waals surface area (Å²) in [4.78, 5) is 34.6. The van der Waals surface area contributed by atoms with Gasteiger partial charge >= 0.3 is 0 Å². The maximum Gasteiger partial charge on any atom is 0.274 e. The van der Waals surface area contributed by atoms with E-state index in [9.17, 15) is 14.0 Å². The summed E-state index contributed by atoms with van der Waals surface area (Å²) in [5, 5.41) is 2.81. The summed E-state index contributed by atoms with van der Waals surface area (Å²) < 4.78 is 21.9. The molecule has 2 aromatic heterocycles. The zero-order valence-electron chi connectivity index (χ0n) is 18.8. The zero-order valence-corrected chi connectivity index (χ0v) is 19.6. The van der Waals surface area contributed by atoms with E-state index in [4.69, 9.17) is 4.74 Å². The van der Waals surface area contributed by atoms with Crippen LogP contribution in [0.5, 0.6) is 5.75 Å². The SMILES string of the molecule is CC(C)Cn1cnc2nc(CSc3ccccc3NC(=O)COc3cccc(F)c3)cc(=O)n21. The minimum Gasteiger partial charge on any atom is -0.484 e. The number of nitrogens with zero attached hydrogens (tertiary/aromatic N) is 4. The van der Waals surface area contributed by atoms with Crippen LogP contribution in [0.15, 0.2) is 70.6 Å². The highest BCUT2D eigenvalue weighted by Crippen LogP contribution is 2.29. The molecule has 2 aromatic carbocycles. The van der Waals surface area contributed by atoms with Gasteiger partial charge in [-0.25, -0.2) is 9.37 Å². The molecular weight excluding hydrogens is 457 g/mol. The summed E-state index contributed by atoms with van der Waals surface area (Å²) in [6, 6.07) is 14.4. The number of hydrogen-bond donors (Lipinski definition) is 1. The minimum absolute atomic E-state index is 0.185. The van der Waals surface area contributed by atoms with Crippen LogP contribution in [0.2, 0.25) is 0 Å². The molecular formula is C24H24FN5O3S. The Bertz CT molecular complexity index is 1370. The van der Waals surface area contributed by atoms with Gasteiger partial charge in [0, 0.05) is 29.3 Å². The van der Waals surface area contributed by atoms with Gasteiger partial charge in [0.2, 0.25) is 0 Å². The molecule has 0 unspecified atom stereocenters. The molecule has 8 nitrogen and oxygen atoms in total. The Morgan fingerprint density at radius 2 is 2.00 bits per heavy atom. The monoisotopic (exact) mass is 481 g/mol. The van der Waals surface area contributed by atoms with Gasteiger partial charge in [0.15, 0.2) is 6.61 Å². The van der Waals surface area contributed by atoms with Crippen molar-refractivity contribution in [2.45, 2.75) is 31.0 Å². The van der Waals surface area contributed by atoms with Crippen LogP contribution in [-0.4, -0.2) is 31.7 Å². The molecule has 4 rings (SSSR count). The van der Waals surface area contributed by atoms with E-state index in [2.05, 4.69) is 29.1 Å². The number of para-hydroxylation sites is 1.